The monoisotopic (exact) mass is 494 g/mol. The molecule has 0 unspecified atom stereocenters. The van der Waals surface area contributed by atoms with Crippen LogP contribution in [0.15, 0.2) is 35.4 Å². The summed E-state index contributed by atoms with van der Waals surface area (Å²) < 4.78 is 5.72. The lowest BCUT2D eigenvalue weighted by atomic mass is 10.0. The molecular formula is C24H26N6O4S. The molecule has 2 heterocycles. The third kappa shape index (κ3) is 6.08. The molecule has 0 radical (unpaired) electrons. The van der Waals surface area contributed by atoms with E-state index in [4.69, 9.17) is 20.6 Å². The summed E-state index contributed by atoms with van der Waals surface area (Å²) in [5.74, 6) is -0.684. The number of hydrogen-bond donors (Lipinski definition) is 3. The molecule has 1 aliphatic heterocycles. The number of amides is 2. The smallest absolute Gasteiger partial charge is 0.245 e. The topological polar surface area (TPSA) is 165 Å². The molecule has 11 heteroatoms. The first kappa shape index (κ1) is 26.0. The number of anilines is 1. The van der Waals surface area contributed by atoms with Gasteiger partial charge >= 0.3 is 0 Å². The number of benzene rings is 1. The number of carbonyl (C=O) groups is 2. The highest BCUT2D eigenvalue weighted by Gasteiger charge is 2.29. The van der Waals surface area contributed by atoms with Gasteiger partial charge < -0.3 is 25.8 Å². The van der Waals surface area contributed by atoms with E-state index in [1.165, 1.54) is 0 Å². The Morgan fingerprint density at radius 1 is 1.31 bits per heavy atom. The Bertz CT molecular complexity index is 1160. The molecule has 2 aromatic rings. The van der Waals surface area contributed by atoms with Crippen molar-refractivity contribution in [2.45, 2.75) is 29.7 Å². The molecule has 0 aliphatic carbocycles. The Morgan fingerprint density at radius 3 is 2.63 bits per heavy atom. The number of ether oxygens (including phenoxy) is 1. The summed E-state index contributed by atoms with van der Waals surface area (Å²) in [7, 11) is 0. The Hall–Kier alpha value is -3.64. The summed E-state index contributed by atoms with van der Waals surface area (Å²) in [5.41, 5.74) is 7.48. The molecule has 1 saturated heterocycles. The van der Waals surface area contributed by atoms with E-state index in [0.29, 0.717) is 53.7 Å². The molecule has 35 heavy (non-hydrogen) atoms. The van der Waals surface area contributed by atoms with E-state index in [0.717, 1.165) is 11.8 Å². The maximum absolute atomic E-state index is 12.3. The van der Waals surface area contributed by atoms with Gasteiger partial charge in [0.2, 0.25) is 11.8 Å². The van der Waals surface area contributed by atoms with E-state index in [-0.39, 0.29) is 18.2 Å². The van der Waals surface area contributed by atoms with E-state index in [1.54, 1.807) is 24.3 Å². The van der Waals surface area contributed by atoms with Gasteiger partial charge in [0.25, 0.3) is 0 Å². The van der Waals surface area contributed by atoms with Crippen LogP contribution < -0.4 is 16.0 Å². The van der Waals surface area contributed by atoms with Crippen molar-refractivity contribution in [3.05, 3.63) is 52.6 Å². The van der Waals surface area contributed by atoms with Gasteiger partial charge in [-0.05, 0) is 17.5 Å². The number of aromatic nitrogens is 1. The molecule has 1 aromatic heterocycles. The van der Waals surface area contributed by atoms with Crippen molar-refractivity contribution < 1.29 is 19.4 Å². The normalized spacial score (nSPS) is 16.1. The summed E-state index contributed by atoms with van der Waals surface area (Å²) in [6.45, 7) is 2.55. The summed E-state index contributed by atoms with van der Waals surface area (Å²) in [5, 5.41) is 31.0. The quantitative estimate of drug-likeness (QED) is 0.431. The van der Waals surface area contributed by atoms with Crippen LogP contribution in [-0.4, -0.2) is 60.9 Å². The molecule has 4 N–H and O–H groups in total. The van der Waals surface area contributed by atoms with Gasteiger partial charge in [-0.2, -0.15) is 10.5 Å². The van der Waals surface area contributed by atoms with Gasteiger partial charge in [-0.3, -0.25) is 9.59 Å². The van der Waals surface area contributed by atoms with Crippen molar-refractivity contribution in [2.24, 2.45) is 5.73 Å². The zero-order chi connectivity index (χ0) is 25.4. The Labute approximate surface area is 207 Å². The molecule has 3 rings (SSSR count). The van der Waals surface area contributed by atoms with Crippen LogP contribution in [0.1, 0.15) is 34.4 Å². The van der Waals surface area contributed by atoms with E-state index in [9.17, 15) is 20.1 Å². The van der Waals surface area contributed by atoms with E-state index >= 15 is 0 Å². The van der Waals surface area contributed by atoms with Crippen molar-refractivity contribution >= 4 is 29.4 Å². The number of nitrogens with one attached hydrogen (secondary N) is 1. The molecule has 10 nitrogen and oxygen atoms in total. The average molecular weight is 495 g/mol. The standard InChI is InChI=1S/C24H26N6O4S/c1-2-17-18(10-25)23(30-8-9-34-16(13-30)12-28-20(32)14-31)29-24(19(17)11-26)35-21(22(27)33)15-6-4-3-5-7-15/h3-7,16,21,31H,2,8-9,12-14H2,1H3,(H2,27,33)(H,28,32)/t16-,21-/m1/s1. The highest BCUT2D eigenvalue weighted by Crippen LogP contribution is 2.39. The SMILES string of the molecule is CCc1c(C#N)c(S[C@@H](C(N)=O)c2ccccc2)nc(N2CCO[C@H](CNC(=O)CO)C2)c1C#N. The van der Waals surface area contributed by atoms with Gasteiger partial charge in [0.05, 0.1) is 23.8 Å². The third-order valence-corrected chi connectivity index (χ3v) is 6.78. The van der Waals surface area contributed by atoms with Gasteiger partial charge in [0.1, 0.15) is 34.8 Å². The van der Waals surface area contributed by atoms with Crippen LogP contribution in [0.2, 0.25) is 0 Å². The predicted molar refractivity (Wildman–Crippen MR) is 129 cm³/mol. The number of aliphatic hydroxyl groups is 1. The number of pyridine rings is 1. The van der Waals surface area contributed by atoms with Crippen LogP contribution >= 0.6 is 11.8 Å². The molecule has 1 aromatic carbocycles. The third-order valence-electron chi connectivity index (χ3n) is 5.52. The maximum atomic E-state index is 12.3. The number of primary amides is 1. The predicted octanol–water partition coefficient (Wildman–Crippen LogP) is 1.02. The minimum absolute atomic E-state index is 0.189. The van der Waals surface area contributed by atoms with Crippen LogP contribution in [0.5, 0.6) is 0 Å². The van der Waals surface area contributed by atoms with Gasteiger partial charge in [0.15, 0.2) is 0 Å². The molecule has 2 amide bonds. The number of morpholine rings is 1. The second kappa shape index (κ2) is 12.2. The van der Waals surface area contributed by atoms with Gasteiger partial charge in [-0.15, -0.1) is 0 Å². The van der Waals surface area contributed by atoms with Crippen LogP contribution in [-0.2, 0) is 20.7 Å². The summed E-state index contributed by atoms with van der Waals surface area (Å²) in [6, 6.07) is 13.4. The highest BCUT2D eigenvalue weighted by molar-refractivity contribution is 8.00. The number of nitrogens with zero attached hydrogens (tertiary/aromatic N) is 4. The molecule has 182 valence electrons. The second-order valence-corrected chi connectivity index (χ2v) is 8.85. The molecule has 0 saturated carbocycles. The number of thioether (sulfide) groups is 1. The van der Waals surface area contributed by atoms with E-state index in [2.05, 4.69) is 17.5 Å². The van der Waals surface area contributed by atoms with Crippen molar-refractivity contribution in [1.29, 1.82) is 10.5 Å². The van der Waals surface area contributed by atoms with Crippen molar-refractivity contribution in [1.82, 2.24) is 10.3 Å². The van der Waals surface area contributed by atoms with E-state index < -0.39 is 23.7 Å². The molecule has 1 fully saturated rings. The number of carbonyl (C=O) groups excluding carboxylic acids is 2. The molecule has 0 spiro atoms. The van der Waals surface area contributed by atoms with Crippen molar-refractivity contribution in [2.75, 3.05) is 37.7 Å². The molecule has 2 atom stereocenters. The first-order chi connectivity index (χ1) is 16.9. The zero-order valence-electron chi connectivity index (χ0n) is 19.2. The Morgan fingerprint density at radius 2 is 2.03 bits per heavy atom. The zero-order valence-corrected chi connectivity index (χ0v) is 20.0. The lowest BCUT2D eigenvalue weighted by molar-refractivity contribution is -0.124. The second-order valence-electron chi connectivity index (χ2n) is 7.76. The molecule has 1 aliphatic rings. The van der Waals surface area contributed by atoms with Crippen LogP contribution in [0, 0.1) is 22.7 Å². The summed E-state index contributed by atoms with van der Waals surface area (Å²) in [6.07, 6.45) is 0.0361. The van der Waals surface area contributed by atoms with Crippen molar-refractivity contribution in [3.8, 4) is 12.1 Å². The number of hydrogen-bond acceptors (Lipinski definition) is 9. The molecule has 0 bridgehead atoms. The highest BCUT2D eigenvalue weighted by atomic mass is 32.2. The average Bonchev–Trinajstić information content (AvgIpc) is 2.89. The first-order valence-corrected chi connectivity index (χ1v) is 11.9. The fourth-order valence-corrected chi connectivity index (χ4v) is 4.90. The summed E-state index contributed by atoms with van der Waals surface area (Å²) in [4.78, 5) is 30.3. The van der Waals surface area contributed by atoms with Crippen LogP contribution in [0.4, 0.5) is 5.82 Å². The van der Waals surface area contributed by atoms with Crippen LogP contribution in [0.3, 0.4) is 0 Å². The first-order valence-electron chi connectivity index (χ1n) is 11.1. The van der Waals surface area contributed by atoms with Crippen molar-refractivity contribution in [3.63, 3.8) is 0 Å². The summed E-state index contributed by atoms with van der Waals surface area (Å²) >= 11 is 1.09. The Balaban J connectivity index is 2.02. The lowest BCUT2D eigenvalue weighted by Crippen LogP contribution is -2.48. The number of nitrogens with two attached hydrogens (primary N) is 1. The van der Waals surface area contributed by atoms with Gasteiger partial charge in [0, 0.05) is 19.6 Å². The minimum Gasteiger partial charge on any atom is -0.387 e. The fraction of sp³-hybridized carbons (Fsp3) is 0.375. The minimum atomic E-state index is -0.771. The van der Waals surface area contributed by atoms with Gasteiger partial charge in [-0.25, -0.2) is 4.98 Å². The number of nitriles is 2. The number of rotatable bonds is 9. The Kier molecular flexibility index (Phi) is 9.04. The molecular weight excluding hydrogens is 468 g/mol. The largest absolute Gasteiger partial charge is 0.387 e. The number of aliphatic hydroxyl groups excluding tert-OH is 1. The van der Waals surface area contributed by atoms with E-state index in [1.807, 2.05) is 17.9 Å². The maximum Gasteiger partial charge on any atom is 0.245 e. The van der Waals surface area contributed by atoms with Gasteiger partial charge in [-0.1, -0.05) is 49.0 Å². The lowest BCUT2D eigenvalue weighted by Gasteiger charge is -2.35. The fourth-order valence-electron chi connectivity index (χ4n) is 3.85. The van der Waals surface area contributed by atoms with Crippen LogP contribution in [0.25, 0.3) is 0 Å².